The van der Waals surface area contributed by atoms with Gasteiger partial charge in [-0.1, -0.05) is 24.3 Å². The number of amides is 1. The van der Waals surface area contributed by atoms with Crippen molar-refractivity contribution in [2.24, 2.45) is 0 Å². The van der Waals surface area contributed by atoms with E-state index in [0.29, 0.717) is 0 Å². The molecule has 1 aliphatic rings. The zero-order valence-corrected chi connectivity index (χ0v) is 15.4. The van der Waals surface area contributed by atoms with Crippen molar-refractivity contribution >= 4 is 50.1 Å². The van der Waals surface area contributed by atoms with Crippen LogP contribution in [0, 0.1) is 3.57 Å². The highest BCUT2D eigenvalue weighted by atomic mass is 127. The maximum absolute atomic E-state index is 13.0. The molecule has 0 radical (unpaired) electrons. The van der Waals surface area contributed by atoms with Crippen molar-refractivity contribution in [1.82, 2.24) is 9.88 Å². The van der Waals surface area contributed by atoms with Gasteiger partial charge in [0.15, 0.2) is 0 Å². The quantitative estimate of drug-likeness (QED) is 0.539. The molecule has 0 spiro atoms. The third-order valence-electron chi connectivity index (χ3n) is 4.21. The Hall–Kier alpha value is -1.47. The molecule has 3 nitrogen and oxygen atoms in total. The smallest absolute Gasteiger partial charge is 0.255 e. The van der Waals surface area contributed by atoms with Crippen LogP contribution >= 0.6 is 33.9 Å². The van der Waals surface area contributed by atoms with Crippen molar-refractivity contribution < 1.29 is 4.79 Å². The Kier molecular flexibility index (Phi) is 4.07. The number of hydrogen-bond acceptors (Lipinski definition) is 3. The van der Waals surface area contributed by atoms with Gasteiger partial charge in [-0.2, -0.15) is 0 Å². The van der Waals surface area contributed by atoms with Crippen LogP contribution in [0.5, 0.6) is 0 Å². The largest absolute Gasteiger partial charge is 0.329 e. The first-order valence-corrected chi connectivity index (χ1v) is 9.54. The molecule has 4 rings (SSSR count). The molecule has 0 N–H and O–H groups in total. The number of hydrogen-bond donors (Lipinski definition) is 0. The topological polar surface area (TPSA) is 33.2 Å². The van der Waals surface area contributed by atoms with Crippen LogP contribution in [0.15, 0.2) is 48.5 Å². The molecule has 0 bridgehead atoms. The van der Waals surface area contributed by atoms with E-state index in [9.17, 15) is 4.79 Å². The number of para-hydroxylation sites is 1. The number of benzene rings is 2. The first kappa shape index (κ1) is 15.1. The fraction of sp³-hybridized carbons (Fsp3) is 0.222. The maximum Gasteiger partial charge on any atom is 0.255 e. The Labute approximate surface area is 152 Å². The number of carbonyl (C=O) groups is 1. The summed E-state index contributed by atoms with van der Waals surface area (Å²) in [6, 6.07) is 16.1. The number of thiazole rings is 1. The van der Waals surface area contributed by atoms with Crippen LogP contribution in [0.3, 0.4) is 0 Å². The van der Waals surface area contributed by atoms with E-state index in [1.165, 1.54) is 4.70 Å². The van der Waals surface area contributed by atoms with Crippen LogP contribution in [0.1, 0.15) is 34.2 Å². The maximum atomic E-state index is 13.0. The van der Waals surface area contributed by atoms with Crippen molar-refractivity contribution in [1.29, 1.82) is 0 Å². The van der Waals surface area contributed by atoms with E-state index in [4.69, 9.17) is 4.98 Å². The van der Waals surface area contributed by atoms with Crippen LogP contribution < -0.4 is 0 Å². The van der Waals surface area contributed by atoms with Gasteiger partial charge in [-0.3, -0.25) is 4.79 Å². The summed E-state index contributed by atoms with van der Waals surface area (Å²) in [6.45, 7) is 0.810. The third kappa shape index (κ3) is 2.76. The van der Waals surface area contributed by atoms with E-state index in [1.54, 1.807) is 11.3 Å². The average Bonchev–Trinajstić information content (AvgIpc) is 3.21. The van der Waals surface area contributed by atoms with Crippen molar-refractivity contribution in [2.45, 2.75) is 18.9 Å². The zero-order chi connectivity index (χ0) is 15.8. The summed E-state index contributed by atoms with van der Waals surface area (Å²) >= 11 is 3.94. The van der Waals surface area contributed by atoms with E-state index >= 15 is 0 Å². The van der Waals surface area contributed by atoms with Gasteiger partial charge in [0.05, 0.1) is 21.8 Å². The molecule has 0 saturated carbocycles. The van der Waals surface area contributed by atoms with Gasteiger partial charge in [0.25, 0.3) is 5.91 Å². The van der Waals surface area contributed by atoms with Gasteiger partial charge >= 0.3 is 0 Å². The Morgan fingerprint density at radius 2 is 1.96 bits per heavy atom. The molecule has 3 aromatic rings. The SMILES string of the molecule is O=C(c1ccccc1I)N1CCCC1c1nc2ccccc2s1. The van der Waals surface area contributed by atoms with Gasteiger partial charge in [0, 0.05) is 10.1 Å². The normalized spacial score (nSPS) is 17.8. The highest BCUT2D eigenvalue weighted by Crippen LogP contribution is 2.37. The molecule has 5 heteroatoms. The third-order valence-corrected chi connectivity index (χ3v) is 6.29. The van der Waals surface area contributed by atoms with Gasteiger partial charge in [-0.05, 0) is 59.7 Å². The molecular formula is C18H15IN2OS. The summed E-state index contributed by atoms with van der Waals surface area (Å²) in [5.74, 6) is 0.122. The number of nitrogens with zero attached hydrogens (tertiary/aromatic N) is 2. The molecule has 116 valence electrons. The number of likely N-dealkylation sites (tertiary alicyclic amines) is 1. The number of halogens is 1. The lowest BCUT2D eigenvalue weighted by Gasteiger charge is -2.23. The number of fused-ring (bicyclic) bond motifs is 1. The summed E-state index contributed by atoms with van der Waals surface area (Å²) in [4.78, 5) is 19.7. The lowest BCUT2D eigenvalue weighted by molar-refractivity contribution is 0.0734. The van der Waals surface area contributed by atoms with Crippen molar-refractivity contribution in [3.63, 3.8) is 0 Å². The molecule has 23 heavy (non-hydrogen) atoms. The van der Waals surface area contributed by atoms with E-state index in [-0.39, 0.29) is 11.9 Å². The second kappa shape index (κ2) is 6.20. The summed E-state index contributed by atoms with van der Waals surface area (Å²) in [6.07, 6.45) is 2.03. The molecule has 1 unspecified atom stereocenters. The lowest BCUT2D eigenvalue weighted by atomic mass is 10.1. The van der Waals surface area contributed by atoms with E-state index in [0.717, 1.165) is 39.0 Å². The Morgan fingerprint density at radius 3 is 2.78 bits per heavy atom. The standard InChI is InChI=1S/C18H15IN2OS/c19-13-7-2-1-6-12(13)18(22)21-11-5-9-15(21)17-20-14-8-3-4-10-16(14)23-17/h1-4,6-8,10,15H,5,9,11H2. The number of carbonyl (C=O) groups excluding carboxylic acids is 1. The molecule has 1 saturated heterocycles. The molecule has 2 heterocycles. The molecule has 2 aromatic carbocycles. The van der Waals surface area contributed by atoms with Crippen LogP contribution in [0.4, 0.5) is 0 Å². The Bertz CT molecular complexity index is 843. The summed E-state index contributed by atoms with van der Waals surface area (Å²) in [5.41, 5.74) is 1.82. The number of rotatable bonds is 2. The highest BCUT2D eigenvalue weighted by molar-refractivity contribution is 14.1. The first-order valence-electron chi connectivity index (χ1n) is 7.65. The van der Waals surface area contributed by atoms with Crippen molar-refractivity contribution in [3.05, 3.63) is 62.7 Å². The monoisotopic (exact) mass is 434 g/mol. The van der Waals surface area contributed by atoms with Crippen LogP contribution in [0.25, 0.3) is 10.2 Å². The van der Waals surface area contributed by atoms with Crippen LogP contribution in [-0.4, -0.2) is 22.3 Å². The fourth-order valence-electron chi connectivity index (χ4n) is 3.09. The van der Waals surface area contributed by atoms with Crippen molar-refractivity contribution in [2.75, 3.05) is 6.54 Å². The minimum Gasteiger partial charge on any atom is -0.329 e. The van der Waals surface area contributed by atoms with Gasteiger partial charge in [0.2, 0.25) is 0 Å². The minimum atomic E-state index is 0.107. The molecule has 1 amide bonds. The van der Waals surface area contributed by atoms with Crippen molar-refractivity contribution in [3.8, 4) is 0 Å². The highest BCUT2D eigenvalue weighted by Gasteiger charge is 2.33. The second-order valence-electron chi connectivity index (χ2n) is 5.66. The molecular weight excluding hydrogens is 419 g/mol. The predicted octanol–water partition coefficient (Wildman–Crippen LogP) is 4.88. The van der Waals surface area contributed by atoms with Crippen LogP contribution in [0.2, 0.25) is 0 Å². The van der Waals surface area contributed by atoms with E-state index in [2.05, 4.69) is 28.7 Å². The van der Waals surface area contributed by atoms with Gasteiger partial charge in [-0.25, -0.2) is 4.98 Å². The van der Waals surface area contributed by atoms with Crippen LogP contribution in [-0.2, 0) is 0 Å². The van der Waals surface area contributed by atoms with Gasteiger partial charge < -0.3 is 4.90 Å². The molecule has 1 fully saturated rings. The summed E-state index contributed by atoms with van der Waals surface area (Å²) < 4.78 is 2.20. The Balaban J connectivity index is 1.69. The van der Waals surface area contributed by atoms with E-state index in [1.807, 2.05) is 47.4 Å². The minimum absolute atomic E-state index is 0.107. The Morgan fingerprint density at radius 1 is 1.17 bits per heavy atom. The van der Waals surface area contributed by atoms with Gasteiger partial charge in [0.1, 0.15) is 5.01 Å². The fourth-order valence-corrected chi connectivity index (χ4v) is 4.82. The molecule has 0 aliphatic carbocycles. The predicted molar refractivity (Wildman–Crippen MR) is 102 cm³/mol. The average molecular weight is 434 g/mol. The lowest BCUT2D eigenvalue weighted by Crippen LogP contribution is -2.31. The first-order chi connectivity index (χ1) is 11.2. The molecule has 1 aliphatic heterocycles. The van der Waals surface area contributed by atoms with E-state index < -0.39 is 0 Å². The number of aromatic nitrogens is 1. The van der Waals surface area contributed by atoms with Gasteiger partial charge in [-0.15, -0.1) is 11.3 Å². The summed E-state index contributed by atoms with van der Waals surface area (Å²) in [5, 5.41) is 1.06. The second-order valence-corrected chi connectivity index (χ2v) is 7.88. The summed E-state index contributed by atoms with van der Waals surface area (Å²) in [7, 11) is 0. The molecule has 1 atom stereocenters. The molecule has 1 aromatic heterocycles. The zero-order valence-electron chi connectivity index (χ0n) is 12.4.